The molecule has 0 aromatic carbocycles. The van der Waals surface area contributed by atoms with Gasteiger partial charge in [-0.1, -0.05) is 13.8 Å². The molecule has 21 heavy (non-hydrogen) atoms. The second-order valence-corrected chi connectivity index (χ2v) is 9.10. The molecule has 2 rings (SSSR count). The molecular formula is C15H29ClN2O2S. The SMILES string of the molecule is CC(C)C1CCCN(S(=O)(=O)N2CCCC(CCl)C2)CC1. The molecular weight excluding hydrogens is 308 g/mol. The van der Waals surface area contributed by atoms with E-state index in [9.17, 15) is 8.42 Å². The molecule has 124 valence electrons. The fourth-order valence-electron chi connectivity index (χ4n) is 3.52. The molecule has 2 aliphatic heterocycles. The Hall–Kier alpha value is 0.160. The number of rotatable bonds is 4. The standard InChI is InChI=1S/C15H29ClN2O2S/c1-13(2)15-6-4-8-17(10-7-15)21(19,20)18-9-3-5-14(11-16)12-18/h13-15H,3-12H2,1-2H3. The van der Waals surface area contributed by atoms with Gasteiger partial charge in [-0.25, -0.2) is 0 Å². The van der Waals surface area contributed by atoms with Gasteiger partial charge in [-0.05, 0) is 49.9 Å². The molecule has 0 bridgehead atoms. The van der Waals surface area contributed by atoms with Crippen LogP contribution in [-0.4, -0.2) is 49.1 Å². The van der Waals surface area contributed by atoms with E-state index < -0.39 is 10.2 Å². The third-order valence-corrected chi connectivity index (χ3v) is 7.47. The van der Waals surface area contributed by atoms with Crippen LogP contribution in [0.1, 0.15) is 46.0 Å². The van der Waals surface area contributed by atoms with Crippen molar-refractivity contribution in [3.8, 4) is 0 Å². The van der Waals surface area contributed by atoms with Gasteiger partial charge >= 0.3 is 0 Å². The number of nitrogens with zero attached hydrogens (tertiary/aromatic N) is 2. The molecule has 4 nitrogen and oxygen atoms in total. The molecule has 0 radical (unpaired) electrons. The van der Waals surface area contributed by atoms with E-state index in [1.54, 1.807) is 8.61 Å². The van der Waals surface area contributed by atoms with Crippen LogP contribution >= 0.6 is 11.6 Å². The van der Waals surface area contributed by atoms with E-state index in [1.807, 2.05) is 0 Å². The van der Waals surface area contributed by atoms with Crippen molar-refractivity contribution in [1.82, 2.24) is 8.61 Å². The Morgan fingerprint density at radius 3 is 2.38 bits per heavy atom. The van der Waals surface area contributed by atoms with Gasteiger partial charge < -0.3 is 0 Å². The lowest BCUT2D eigenvalue weighted by molar-refractivity contribution is 0.258. The summed E-state index contributed by atoms with van der Waals surface area (Å²) in [6, 6.07) is 0. The zero-order valence-electron chi connectivity index (χ0n) is 13.3. The summed E-state index contributed by atoms with van der Waals surface area (Å²) in [4.78, 5) is 0. The zero-order chi connectivity index (χ0) is 15.5. The highest BCUT2D eigenvalue weighted by molar-refractivity contribution is 7.86. The molecule has 0 aromatic heterocycles. The zero-order valence-corrected chi connectivity index (χ0v) is 14.9. The monoisotopic (exact) mass is 336 g/mol. The second kappa shape index (κ2) is 7.62. The Bertz CT molecular complexity index is 427. The average molecular weight is 337 g/mol. The van der Waals surface area contributed by atoms with Gasteiger partial charge in [0.15, 0.2) is 0 Å². The molecule has 2 atom stereocenters. The summed E-state index contributed by atoms with van der Waals surface area (Å²) in [6.45, 7) is 7.08. The largest absolute Gasteiger partial charge is 0.281 e. The molecule has 0 amide bonds. The van der Waals surface area contributed by atoms with Crippen molar-refractivity contribution in [2.24, 2.45) is 17.8 Å². The molecule has 2 aliphatic rings. The molecule has 6 heteroatoms. The Labute approximate surface area is 135 Å². The van der Waals surface area contributed by atoms with Crippen molar-refractivity contribution in [2.75, 3.05) is 32.1 Å². The van der Waals surface area contributed by atoms with Crippen LogP contribution in [0.15, 0.2) is 0 Å². The first-order valence-electron chi connectivity index (χ1n) is 8.26. The van der Waals surface area contributed by atoms with Crippen LogP contribution < -0.4 is 0 Å². The van der Waals surface area contributed by atoms with Crippen molar-refractivity contribution in [3.63, 3.8) is 0 Å². The van der Waals surface area contributed by atoms with E-state index in [2.05, 4.69) is 13.8 Å². The van der Waals surface area contributed by atoms with E-state index in [0.717, 1.165) is 32.1 Å². The van der Waals surface area contributed by atoms with Gasteiger partial charge in [0, 0.05) is 32.1 Å². The van der Waals surface area contributed by atoms with Gasteiger partial charge in [0.05, 0.1) is 0 Å². The maximum atomic E-state index is 12.8. The van der Waals surface area contributed by atoms with Crippen LogP contribution in [0.2, 0.25) is 0 Å². The molecule has 2 unspecified atom stereocenters. The van der Waals surface area contributed by atoms with Gasteiger partial charge in [-0.3, -0.25) is 0 Å². The molecule has 2 heterocycles. The molecule has 0 aliphatic carbocycles. The van der Waals surface area contributed by atoms with Crippen LogP contribution in [-0.2, 0) is 10.2 Å². The summed E-state index contributed by atoms with van der Waals surface area (Å²) in [5, 5.41) is 0. The molecule has 0 saturated carbocycles. The van der Waals surface area contributed by atoms with Crippen molar-refractivity contribution in [2.45, 2.75) is 46.0 Å². The van der Waals surface area contributed by atoms with Gasteiger partial charge in [0.1, 0.15) is 0 Å². The van der Waals surface area contributed by atoms with Crippen LogP contribution in [0.3, 0.4) is 0 Å². The first-order valence-corrected chi connectivity index (χ1v) is 10.2. The van der Waals surface area contributed by atoms with Crippen molar-refractivity contribution in [3.05, 3.63) is 0 Å². The summed E-state index contributed by atoms with van der Waals surface area (Å²) >= 11 is 5.93. The van der Waals surface area contributed by atoms with Crippen molar-refractivity contribution in [1.29, 1.82) is 0 Å². The van der Waals surface area contributed by atoms with E-state index in [-0.39, 0.29) is 0 Å². The topological polar surface area (TPSA) is 40.6 Å². The lowest BCUT2D eigenvalue weighted by Crippen LogP contribution is -2.48. The first kappa shape index (κ1) is 17.5. The van der Waals surface area contributed by atoms with Crippen molar-refractivity contribution < 1.29 is 8.42 Å². The number of halogens is 1. The minimum atomic E-state index is -3.29. The van der Waals surface area contributed by atoms with Crippen LogP contribution in [0, 0.1) is 17.8 Å². The highest BCUT2D eigenvalue weighted by Gasteiger charge is 2.34. The fourth-order valence-corrected chi connectivity index (χ4v) is 5.55. The Kier molecular flexibility index (Phi) is 6.36. The summed E-state index contributed by atoms with van der Waals surface area (Å²) in [5.41, 5.74) is 0. The minimum absolute atomic E-state index is 0.311. The maximum Gasteiger partial charge on any atom is 0.281 e. The number of hydrogen-bond acceptors (Lipinski definition) is 2. The predicted octanol–water partition coefficient (Wildman–Crippen LogP) is 2.94. The smallest absolute Gasteiger partial charge is 0.195 e. The molecule has 2 saturated heterocycles. The number of piperidine rings is 1. The summed E-state index contributed by atoms with van der Waals surface area (Å²) in [5.74, 6) is 2.16. The van der Waals surface area contributed by atoms with Crippen LogP contribution in [0.25, 0.3) is 0 Å². The Morgan fingerprint density at radius 2 is 1.71 bits per heavy atom. The van der Waals surface area contributed by atoms with Crippen LogP contribution in [0.5, 0.6) is 0 Å². The third-order valence-electron chi connectivity index (χ3n) is 5.03. The van der Waals surface area contributed by atoms with Crippen molar-refractivity contribution >= 4 is 21.8 Å². The Balaban J connectivity index is 2.02. The fraction of sp³-hybridized carbons (Fsp3) is 1.00. The number of alkyl halides is 1. The quantitative estimate of drug-likeness (QED) is 0.740. The third kappa shape index (κ3) is 4.34. The average Bonchev–Trinajstić information content (AvgIpc) is 2.73. The van der Waals surface area contributed by atoms with E-state index in [4.69, 9.17) is 11.6 Å². The van der Waals surface area contributed by atoms with E-state index in [1.165, 1.54) is 0 Å². The first-order chi connectivity index (χ1) is 9.95. The highest BCUT2D eigenvalue weighted by atomic mass is 35.5. The highest BCUT2D eigenvalue weighted by Crippen LogP contribution is 2.28. The lowest BCUT2D eigenvalue weighted by atomic mass is 9.89. The van der Waals surface area contributed by atoms with E-state index >= 15 is 0 Å². The van der Waals surface area contributed by atoms with Gasteiger partial charge in [0.25, 0.3) is 10.2 Å². The molecule has 0 N–H and O–H groups in total. The van der Waals surface area contributed by atoms with Gasteiger partial charge in [-0.15, -0.1) is 11.6 Å². The summed E-state index contributed by atoms with van der Waals surface area (Å²) in [6.07, 6.45) is 5.09. The number of hydrogen-bond donors (Lipinski definition) is 0. The Morgan fingerprint density at radius 1 is 1.05 bits per heavy atom. The summed E-state index contributed by atoms with van der Waals surface area (Å²) < 4.78 is 29.1. The lowest BCUT2D eigenvalue weighted by Gasteiger charge is -2.34. The van der Waals surface area contributed by atoms with Gasteiger partial charge in [0.2, 0.25) is 0 Å². The van der Waals surface area contributed by atoms with Gasteiger partial charge in [-0.2, -0.15) is 17.0 Å². The summed E-state index contributed by atoms with van der Waals surface area (Å²) in [7, 11) is -3.29. The van der Waals surface area contributed by atoms with E-state index in [0.29, 0.717) is 49.8 Å². The maximum absolute atomic E-state index is 12.8. The molecule has 0 aromatic rings. The minimum Gasteiger partial charge on any atom is -0.195 e. The molecule has 0 spiro atoms. The predicted molar refractivity (Wildman–Crippen MR) is 87.7 cm³/mol. The van der Waals surface area contributed by atoms with Crippen LogP contribution in [0.4, 0.5) is 0 Å². The normalized spacial score (nSPS) is 30.5. The molecule has 2 fully saturated rings. The second-order valence-electron chi connectivity index (χ2n) is 6.86.